The summed E-state index contributed by atoms with van der Waals surface area (Å²) in [4.78, 5) is 52.0. The van der Waals surface area contributed by atoms with Gasteiger partial charge >= 0.3 is 11.9 Å². The maximum atomic E-state index is 12.6. The average molecular weight is 627 g/mol. The van der Waals surface area contributed by atoms with Gasteiger partial charge in [-0.05, 0) is 60.4 Å². The maximum absolute atomic E-state index is 12.6. The first kappa shape index (κ1) is 33.4. The molecular formula is C33H42N2O10. The van der Waals surface area contributed by atoms with Crippen LogP contribution in [0.3, 0.4) is 0 Å². The largest absolute Gasteiger partial charge is 0.493 e. The quantitative estimate of drug-likeness (QED) is 0.200. The van der Waals surface area contributed by atoms with Crippen molar-refractivity contribution in [2.45, 2.75) is 72.1 Å². The molecule has 2 amide bonds. The minimum absolute atomic E-state index is 0.0628. The SMILES string of the molecule is CCOC(=O)CCC(=O)N1Cc2cc(OC)c(OCCCOc3cc4c(cc3OC)CN(C(=O)CCC(=O)OCC)C4)cc2C1. The van der Waals surface area contributed by atoms with E-state index in [0.717, 1.165) is 22.3 Å². The van der Waals surface area contributed by atoms with Gasteiger partial charge < -0.3 is 38.2 Å². The molecule has 0 radical (unpaired) electrons. The van der Waals surface area contributed by atoms with Gasteiger partial charge in [0.15, 0.2) is 23.0 Å². The second kappa shape index (κ2) is 16.0. The lowest BCUT2D eigenvalue weighted by Crippen LogP contribution is -2.25. The molecule has 0 N–H and O–H groups in total. The molecule has 4 rings (SSSR count). The number of carbonyl (C=O) groups excluding carboxylic acids is 4. The molecule has 0 aromatic heterocycles. The summed E-state index contributed by atoms with van der Waals surface area (Å²) in [7, 11) is 3.15. The first-order chi connectivity index (χ1) is 21.8. The molecule has 0 bridgehead atoms. The van der Waals surface area contributed by atoms with Gasteiger partial charge in [-0.3, -0.25) is 19.2 Å². The standard InChI is InChI=1S/C33H42N2O10/c1-5-42-32(38)10-8-30(36)34-18-22-14-26(40-3)28(16-24(22)20-34)44-12-7-13-45-29-17-25-21-35(19-23(25)15-27(29)41-4)31(37)9-11-33(39)43-6-2/h14-17H,5-13,18-21H2,1-4H3. The topological polar surface area (TPSA) is 130 Å². The second-order valence-corrected chi connectivity index (χ2v) is 10.7. The Morgan fingerprint density at radius 1 is 0.578 bits per heavy atom. The zero-order valence-electron chi connectivity index (χ0n) is 26.5. The summed E-state index contributed by atoms with van der Waals surface area (Å²) in [6.07, 6.45) is 0.920. The lowest BCUT2D eigenvalue weighted by Gasteiger charge is -2.15. The number of benzene rings is 2. The Hall–Kier alpha value is -4.48. The highest BCUT2D eigenvalue weighted by atomic mass is 16.5. The Morgan fingerprint density at radius 2 is 0.933 bits per heavy atom. The van der Waals surface area contributed by atoms with Crippen molar-refractivity contribution in [3.05, 3.63) is 46.5 Å². The van der Waals surface area contributed by atoms with Crippen molar-refractivity contribution in [3.8, 4) is 23.0 Å². The van der Waals surface area contributed by atoms with E-state index in [0.29, 0.717) is 82.0 Å². The van der Waals surface area contributed by atoms with E-state index < -0.39 is 0 Å². The minimum Gasteiger partial charge on any atom is -0.493 e. The van der Waals surface area contributed by atoms with E-state index in [1.165, 1.54) is 0 Å². The van der Waals surface area contributed by atoms with Crippen molar-refractivity contribution in [1.29, 1.82) is 0 Å². The number of carbonyl (C=O) groups is 4. The molecule has 244 valence electrons. The smallest absolute Gasteiger partial charge is 0.306 e. The zero-order chi connectivity index (χ0) is 32.3. The fourth-order valence-corrected chi connectivity index (χ4v) is 5.33. The van der Waals surface area contributed by atoms with Crippen molar-refractivity contribution in [2.75, 3.05) is 40.6 Å². The summed E-state index contributed by atoms with van der Waals surface area (Å²) < 4.78 is 33.0. The van der Waals surface area contributed by atoms with Crippen molar-refractivity contribution in [2.24, 2.45) is 0 Å². The summed E-state index contributed by atoms with van der Waals surface area (Å²) >= 11 is 0. The first-order valence-electron chi connectivity index (χ1n) is 15.3. The average Bonchev–Trinajstić information content (AvgIpc) is 3.65. The number of methoxy groups -OCH3 is 2. The molecule has 0 atom stereocenters. The Kier molecular flexibility index (Phi) is 11.9. The van der Waals surface area contributed by atoms with Crippen LogP contribution in [0.1, 0.15) is 68.2 Å². The van der Waals surface area contributed by atoms with Crippen LogP contribution in [0.15, 0.2) is 24.3 Å². The first-order valence-corrected chi connectivity index (χ1v) is 15.3. The van der Waals surface area contributed by atoms with E-state index in [-0.39, 0.29) is 49.4 Å². The van der Waals surface area contributed by atoms with Crippen LogP contribution < -0.4 is 18.9 Å². The number of esters is 2. The van der Waals surface area contributed by atoms with E-state index in [1.54, 1.807) is 37.9 Å². The molecule has 0 fully saturated rings. The fraction of sp³-hybridized carbons (Fsp3) is 0.515. The third-order valence-electron chi connectivity index (χ3n) is 7.62. The molecule has 2 aromatic rings. The Morgan fingerprint density at radius 3 is 1.27 bits per heavy atom. The van der Waals surface area contributed by atoms with E-state index in [2.05, 4.69) is 0 Å². The summed E-state index contributed by atoms with van der Waals surface area (Å²) in [5, 5.41) is 0. The predicted octanol–water partition coefficient (Wildman–Crippen LogP) is 3.92. The van der Waals surface area contributed by atoms with Crippen LogP contribution in [0.5, 0.6) is 23.0 Å². The van der Waals surface area contributed by atoms with Crippen molar-refractivity contribution in [1.82, 2.24) is 9.80 Å². The normalized spacial score (nSPS) is 13.2. The Labute approximate surface area is 263 Å². The third-order valence-corrected chi connectivity index (χ3v) is 7.62. The lowest BCUT2D eigenvalue weighted by atomic mass is 10.1. The number of hydrogen-bond donors (Lipinski definition) is 0. The van der Waals surface area contributed by atoms with Gasteiger partial charge in [0.05, 0.1) is 53.5 Å². The fourth-order valence-electron chi connectivity index (χ4n) is 5.33. The maximum Gasteiger partial charge on any atom is 0.306 e. The van der Waals surface area contributed by atoms with E-state index >= 15 is 0 Å². The van der Waals surface area contributed by atoms with E-state index in [4.69, 9.17) is 28.4 Å². The van der Waals surface area contributed by atoms with Gasteiger partial charge in [0.2, 0.25) is 11.8 Å². The van der Waals surface area contributed by atoms with Crippen LogP contribution in [-0.2, 0) is 54.8 Å². The van der Waals surface area contributed by atoms with Crippen LogP contribution in [0.4, 0.5) is 0 Å². The minimum atomic E-state index is -0.374. The van der Waals surface area contributed by atoms with Crippen LogP contribution >= 0.6 is 0 Å². The number of amides is 2. The molecule has 2 aromatic carbocycles. The third kappa shape index (κ3) is 8.80. The molecule has 0 saturated carbocycles. The molecular weight excluding hydrogens is 584 g/mol. The number of hydrogen-bond acceptors (Lipinski definition) is 10. The van der Waals surface area contributed by atoms with Gasteiger partial charge in [0.25, 0.3) is 0 Å². The number of rotatable bonds is 16. The van der Waals surface area contributed by atoms with Crippen LogP contribution in [-0.4, -0.2) is 74.2 Å². The lowest BCUT2D eigenvalue weighted by molar-refractivity contribution is -0.146. The molecule has 0 unspecified atom stereocenters. The van der Waals surface area contributed by atoms with Gasteiger partial charge in [-0.1, -0.05) is 0 Å². The number of ether oxygens (including phenoxy) is 6. The van der Waals surface area contributed by atoms with Crippen LogP contribution in [0.2, 0.25) is 0 Å². The Bertz CT molecular complexity index is 1290. The Balaban J connectivity index is 1.26. The summed E-state index contributed by atoms with van der Waals surface area (Å²) in [6.45, 7) is 6.57. The molecule has 2 heterocycles. The monoisotopic (exact) mass is 626 g/mol. The number of nitrogens with zero attached hydrogens (tertiary/aromatic N) is 2. The second-order valence-electron chi connectivity index (χ2n) is 10.7. The molecule has 12 heteroatoms. The van der Waals surface area contributed by atoms with E-state index in [1.807, 2.05) is 24.3 Å². The molecule has 0 aliphatic carbocycles. The van der Waals surface area contributed by atoms with Crippen LogP contribution in [0.25, 0.3) is 0 Å². The van der Waals surface area contributed by atoms with Gasteiger partial charge in [0, 0.05) is 45.4 Å². The van der Waals surface area contributed by atoms with Crippen LogP contribution in [0, 0.1) is 0 Å². The summed E-state index contributed by atoms with van der Waals surface area (Å²) in [5.74, 6) is 1.37. The predicted molar refractivity (Wildman–Crippen MR) is 162 cm³/mol. The van der Waals surface area contributed by atoms with Crippen molar-refractivity contribution >= 4 is 23.8 Å². The van der Waals surface area contributed by atoms with Gasteiger partial charge in [-0.2, -0.15) is 0 Å². The van der Waals surface area contributed by atoms with Gasteiger partial charge in [-0.15, -0.1) is 0 Å². The van der Waals surface area contributed by atoms with Gasteiger partial charge in [-0.25, -0.2) is 0 Å². The van der Waals surface area contributed by atoms with Gasteiger partial charge in [0.1, 0.15) is 0 Å². The highest BCUT2D eigenvalue weighted by Gasteiger charge is 2.27. The van der Waals surface area contributed by atoms with E-state index in [9.17, 15) is 19.2 Å². The molecule has 2 aliphatic heterocycles. The molecule has 2 aliphatic rings. The number of fused-ring (bicyclic) bond motifs is 2. The highest BCUT2D eigenvalue weighted by molar-refractivity contribution is 5.82. The molecule has 0 spiro atoms. The molecule has 12 nitrogen and oxygen atoms in total. The molecule has 0 saturated heterocycles. The summed E-state index contributed by atoms with van der Waals surface area (Å²) in [6, 6.07) is 7.58. The highest BCUT2D eigenvalue weighted by Crippen LogP contribution is 2.37. The van der Waals surface area contributed by atoms with Crippen molar-refractivity contribution in [3.63, 3.8) is 0 Å². The zero-order valence-corrected chi connectivity index (χ0v) is 26.5. The summed E-state index contributed by atoms with van der Waals surface area (Å²) in [5.41, 5.74) is 3.91. The molecule has 45 heavy (non-hydrogen) atoms. The van der Waals surface area contributed by atoms with Crippen molar-refractivity contribution < 1.29 is 47.6 Å².